The van der Waals surface area contributed by atoms with Crippen molar-refractivity contribution in [3.63, 3.8) is 0 Å². The maximum absolute atomic E-state index is 5.63. The molecule has 0 spiro atoms. The number of hydrogen-bond acceptors (Lipinski definition) is 4. The highest BCUT2D eigenvalue weighted by molar-refractivity contribution is 5.87. The molecular formula is C11H11N3O. The van der Waals surface area contributed by atoms with E-state index < -0.39 is 0 Å². The summed E-state index contributed by atoms with van der Waals surface area (Å²) in [6.45, 7) is 0.574. The Balaban J connectivity index is 2.38. The fourth-order valence-corrected chi connectivity index (χ4v) is 1.27. The second-order valence-electron chi connectivity index (χ2n) is 3.12. The Labute approximate surface area is 87.2 Å². The summed E-state index contributed by atoms with van der Waals surface area (Å²) in [5.74, 6) is 6.36. The molecule has 76 valence electrons. The van der Waals surface area contributed by atoms with Crippen LogP contribution in [0.25, 0.3) is 11.0 Å². The fourth-order valence-electron chi connectivity index (χ4n) is 1.27. The van der Waals surface area contributed by atoms with Crippen molar-refractivity contribution < 1.29 is 4.52 Å². The van der Waals surface area contributed by atoms with Gasteiger partial charge in [0.05, 0.1) is 5.39 Å². The summed E-state index contributed by atoms with van der Waals surface area (Å²) < 4.78 is 4.99. The molecule has 2 aromatic rings. The Morgan fingerprint density at radius 3 is 3.07 bits per heavy atom. The molecule has 1 aromatic heterocycles. The van der Waals surface area contributed by atoms with Crippen LogP contribution >= 0.6 is 0 Å². The number of rotatable bonds is 1. The highest BCUT2D eigenvalue weighted by Crippen LogP contribution is 2.20. The van der Waals surface area contributed by atoms with Gasteiger partial charge in [-0.1, -0.05) is 17.0 Å². The van der Waals surface area contributed by atoms with Gasteiger partial charge in [0.2, 0.25) is 0 Å². The van der Waals surface area contributed by atoms with Gasteiger partial charge in [-0.25, -0.2) is 0 Å². The molecule has 0 bridgehead atoms. The summed E-state index contributed by atoms with van der Waals surface area (Å²) in [6.07, 6.45) is 0.692. The van der Waals surface area contributed by atoms with Crippen molar-refractivity contribution in [3.8, 4) is 11.8 Å². The first-order valence-corrected chi connectivity index (χ1v) is 4.65. The van der Waals surface area contributed by atoms with Crippen LogP contribution in [0.1, 0.15) is 12.0 Å². The Morgan fingerprint density at radius 2 is 2.27 bits per heavy atom. The Kier molecular flexibility index (Phi) is 2.57. The van der Waals surface area contributed by atoms with E-state index in [0.717, 1.165) is 10.9 Å². The normalized spacial score (nSPS) is 9.93. The predicted molar refractivity (Wildman–Crippen MR) is 59.0 cm³/mol. The summed E-state index contributed by atoms with van der Waals surface area (Å²) in [4.78, 5) is 0. The maximum atomic E-state index is 5.63. The molecule has 4 heteroatoms. The topological polar surface area (TPSA) is 78.1 Å². The van der Waals surface area contributed by atoms with E-state index in [-0.39, 0.29) is 0 Å². The molecule has 0 amide bonds. The van der Waals surface area contributed by atoms with Crippen LogP contribution < -0.4 is 11.5 Å². The van der Waals surface area contributed by atoms with Gasteiger partial charge in [0, 0.05) is 18.5 Å². The maximum Gasteiger partial charge on any atom is 0.174 e. The quantitative estimate of drug-likeness (QED) is 0.677. The summed E-state index contributed by atoms with van der Waals surface area (Å²) in [7, 11) is 0. The molecule has 0 fully saturated rings. The number of hydrogen-bond donors (Lipinski definition) is 2. The predicted octanol–water partition coefficient (Wildman–Crippen LogP) is 1.11. The van der Waals surface area contributed by atoms with Crippen LogP contribution in [-0.4, -0.2) is 11.7 Å². The SMILES string of the molecule is NCCC#Cc1ccc2onc(N)c2c1. The van der Waals surface area contributed by atoms with Crippen molar-refractivity contribution in [2.24, 2.45) is 5.73 Å². The van der Waals surface area contributed by atoms with Crippen LogP contribution in [-0.2, 0) is 0 Å². The molecule has 0 unspecified atom stereocenters. The van der Waals surface area contributed by atoms with Gasteiger partial charge < -0.3 is 16.0 Å². The number of fused-ring (bicyclic) bond motifs is 1. The Hall–Kier alpha value is -1.99. The minimum absolute atomic E-state index is 0.396. The minimum atomic E-state index is 0.396. The molecule has 0 aliphatic carbocycles. The monoisotopic (exact) mass is 201 g/mol. The molecule has 0 aliphatic heterocycles. The number of anilines is 1. The zero-order valence-electron chi connectivity index (χ0n) is 8.16. The number of aromatic nitrogens is 1. The van der Waals surface area contributed by atoms with Crippen LogP contribution in [0.5, 0.6) is 0 Å². The molecule has 0 radical (unpaired) electrons. The van der Waals surface area contributed by atoms with E-state index in [1.165, 1.54) is 0 Å². The lowest BCUT2D eigenvalue weighted by Crippen LogP contribution is -1.95. The molecule has 1 aromatic carbocycles. The van der Waals surface area contributed by atoms with Gasteiger partial charge in [-0.2, -0.15) is 0 Å². The number of nitrogens with zero attached hydrogens (tertiary/aromatic N) is 1. The third-order valence-electron chi connectivity index (χ3n) is 2.00. The van der Waals surface area contributed by atoms with Crippen LogP contribution in [0.15, 0.2) is 22.7 Å². The molecule has 0 aliphatic rings. The zero-order valence-corrected chi connectivity index (χ0v) is 8.16. The molecule has 4 nitrogen and oxygen atoms in total. The first kappa shape index (κ1) is 9.56. The van der Waals surface area contributed by atoms with Crippen LogP contribution in [0.3, 0.4) is 0 Å². The molecule has 1 heterocycles. The van der Waals surface area contributed by atoms with Gasteiger partial charge >= 0.3 is 0 Å². The van der Waals surface area contributed by atoms with Crippen LogP contribution in [0.4, 0.5) is 5.82 Å². The van der Waals surface area contributed by atoms with Crippen molar-refractivity contribution in [3.05, 3.63) is 23.8 Å². The Morgan fingerprint density at radius 1 is 1.40 bits per heavy atom. The number of benzene rings is 1. The summed E-state index contributed by atoms with van der Waals surface area (Å²) in [6, 6.07) is 5.55. The van der Waals surface area contributed by atoms with E-state index in [2.05, 4.69) is 17.0 Å². The molecule has 0 atom stereocenters. The van der Waals surface area contributed by atoms with E-state index in [4.69, 9.17) is 16.0 Å². The highest BCUT2D eigenvalue weighted by Gasteiger charge is 2.03. The molecule has 4 N–H and O–H groups in total. The molecule has 15 heavy (non-hydrogen) atoms. The fraction of sp³-hybridized carbons (Fsp3) is 0.182. The van der Waals surface area contributed by atoms with Crippen molar-refractivity contribution in [2.45, 2.75) is 6.42 Å². The molecule has 0 saturated heterocycles. The second kappa shape index (κ2) is 4.03. The second-order valence-corrected chi connectivity index (χ2v) is 3.12. The van der Waals surface area contributed by atoms with Gasteiger partial charge in [-0.05, 0) is 18.2 Å². The molecule has 0 saturated carbocycles. The minimum Gasteiger partial charge on any atom is -0.380 e. The van der Waals surface area contributed by atoms with E-state index in [0.29, 0.717) is 24.4 Å². The van der Waals surface area contributed by atoms with Gasteiger partial charge in [0.25, 0.3) is 0 Å². The third-order valence-corrected chi connectivity index (χ3v) is 2.00. The van der Waals surface area contributed by atoms with E-state index in [1.54, 1.807) is 0 Å². The van der Waals surface area contributed by atoms with Crippen molar-refractivity contribution in [1.29, 1.82) is 0 Å². The van der Waals surface area contributed by atoms with Crippen molar-refractivity contribution in [1.82, 2.24) is 5.16 Å². The van der Waals surface area contributed by atoms with E-state index in [1.807, 2.05) is 18.2 Å². The Bertz CT molecular complexity index is 533. The summed E-state index contributed by atoms with van der Waals surface area (Å²) in [5.41, 5.74) is 12.5. The summed E-state index contributed by atoms with van der Waals surface area (Å²) >= 11 is 0. The van der Waals surface area contributed by atoms with Crippen LogP contribution in [0, 0.1) is 11.8 Å². The van der Waals surface area contributed by atoms with Gasteiger partial charge in [-0.3, -0.25) is 0 Å². The van der Waals surface area contributed by atoms with Crippen molar-refractivity contribution >= 4 is 16.8 Å². The lowest BCUT2D eigenvalue weighted by Gasteiger charge is -1.90. The standard InChI is InChI=1S/C11H11N3O/c12-6-2-1-3-8-4-5-10-9(7-8)11(13)14-15-10/h4-5,7H,2,6,12H2,(H2,13,14). The lowest BCUT2D eigenvalue weighted by molar-refractivity contribution is 0.460. The largest absolute Gasteiger partial charge is 0.380 e. The van der Waals surface area contributed by atoms with Crippen molar-refractivity contribution in [2.75, 3.05) is 12.3 Å². The summed E-state index contributed by atoms with van der Waals surface area (Å²) in [5, 5.41) is 4.47. The first-order valence-electron chi connectivity index (χ1n) is 4.65. The van der Waals surface area contributed by atoms with E-state index in [9.17, 15) is 0 Å². The smallest absolute Gasteiger partial charge is 0.174 e. The lowest BCUT2D eigenvalue weighted by atomic mass is 10.1. The highest BCUT2D eigenvalue weighted by atomic mass is 16.5. The third kappa shape index (κ3) is 1.92. The van der Waals surface area contributed by atoms with Crippen LogP contribution in [0.2, 0.25) is 0 Å². The number of nitrogens with two attached hydrogens (primary N) is 2. The van der Waals surface area contributed by atoms with Gasteiger partial charge in [0.15, 0.2) is 11.4 Å². The van der Waals surface area contributed by atoms with E-state index >= 15 is 0 Å². The molecule has 2 rings (SSSR count). The molecular weight excluding hydrogens is 190 g/mol. The van der Waals surface area contributed by atoms with Gasteiger partial charge in [0.1, 0.15) is 0 Å². The first-order chi connectivity index (χ1) is 7.31. The zero-order chi connectivity index (χ0) is 10.7. The van der Waals surface area contributed by atoms with Gasteiger partial charge in [-0.15, -0.1) is 0 Å². The average Bonchev–Trinajstić information content (AvgIpc) is 2.61. The number of nitrogen functional groups attached to an aromatic ring is 1. The average molecular weight is 201 g/mol.